The summed E-state index contributed by atoms with van der Waals surface area (Å²) in [4.78, 5) is 31.2. The highest BCUT2D eigenvalue weighted by molar-refractivity contribution is 8.06. The molecule has 132 valence electrons. The molecular weight excluding hydrogens is 356 g/mol. The number of fused-ring (bicyclic) bond motifs is 1. The Balaban J connectivity index is 1.49. The van der Waals surface area contributed by atoms with Crippen molar-refractivity contribution >= 4 is 26.7 Å². The van der Waals surface area contributed by atoms with Crippen molar-refractivity contribution in [3.63, 3.8) is 0 Å². The standard InChI is InChI=1S/C18H14N2O5S/c21-17-14-8-4-5-9-15(14)18(22)20(17)11-12-10-16(19-25-12)26(23,24)13-6-2-1-3-7-13/h1-9,12H,10-11H2. The molecule has 8 heteroatoms. The predicted octanol–water partition coefficient (Wildman–Crippen LogP) is 1.86. The average molecular weight is 370 g/mol. The Hall–Kier alpha value is -3.00. The van der Waals surface area contributed by atoms with Gasteiger partial charge in [-0.15, -0.1) is 0 Å². The van der Waals surface area contributed by atoms with Gasteiger partial charge in [0.05, 0.1) is 22.6 Å². The molecule has 0 aromatic heterocycles. The van der Waals surface area contributed by atoms with Gasteiger partial charge in [0.1, 0.15) is 0 Å². The minimum Gasteiger partial charge on any atom is -0.389 e. The summed E-state index contributed by atoms with van der Waals surface area (Å²) < 4.78 is 25.1. The molecule has 2 aliphatic heterocycles. The Morgan fingerprint density at radius 2 is 1.54 bits per heavy atom. The number of oxime groups is 1. The first-order valence-electron chi connectivity index (χ1n) is 7.96. The normalized spacial score (nSPS) is 19.3. The molecule has 2 aromatic rings. The van der Waals surface area contributed by atoms with E-state index in [1.807, 2.05) is 0 Å². The summed E-state index contributed by atoms with van der Waals surface area (Å²) in [5.74, 6) is -0.817. The Morgan fingerprint density at radius 3 is 2.15 bits per heavy atom. The van der Waals surface area contributed by atoms with Crippen LogP contribution in [0.5, 0.6) is 0 Å². The van der Waals surface area contributed by atoms with Gasteiger partial charge < -0.3 is 4.84 Å². The maximum atomic E-state index is 12.6. The lowest BCUT2D eigenvalue weighted by Crippen LogP contribution is -2.37. The number of rotatable bonds is 3. The van der Waals surface area contributed by atoms with Crippen LogP contribution in [0.15, 0.2) is 64.6 Å². The van der Waals surface area contributed by atoms with Gasteiger partial charge in [0.2, 0.25) is 9.84 Å². The van der Waals surface area contributed by atoms with E-state index >= 15 is 0 Å². The van der Waals surface area contributed by atoms with E-state index in [1.54, 1.807) is 42.5 Å². The van der Waals surface area contributed by atoms with Crippen LogP contribution in [0.4, 0.5) is 0 Å². The molecule has 4 rings (SSSR count). The number of amides is 2. The van der Waals surface area contributed by atoms with Crippen LogP contribution >= 0.6 is 0 Å². The second kappa shape index (κ2) is 6.06. The van der Waals surface area contributed by atoms with Crippen LogP contribution in [0.3, 0.4) is 0 Å². The quantitative estimate of drug-likeness (QED) is 0.769. The summed E-state index contributed by atoms with van der Waals surface area (Å²) >= 11 is 0. The smallest absolute Gasteiger partial charge is 0.261 e. The third kappa shape index (κ3) is 2.59. The van der Waals surface area contributed by atoms with Crippen molar-refractivity contribution in [2.45, 2.75) is 17.4 Å². The molecule has 0 saturated carbocycles. The van der Waals surface area contributed by atoms with Crippen molar-refractivity contribution < 1.29 is 22.8 Å². The van der Waals surface area contributed by atoms with Gasteiger partial charge in [-0.2, -0.15) is 0 Å². The molecule has 2 heterocycles. The first-order chi connectivity index (χ1) is 12.5. The molecule has 7 nitrogen and oxygen atoms in total. The first kappa shape index (κ1) is 16.5. The van der Waals surface area contributed by atoms with Gasteiger partial charge in [0, 0.05) is 6.42 Å². The summed E-state index contributed by atoms with van der Waals surface area (Å²) in [5.41, 5.74) is 0.682. The van der Waals surface area contributed by atoms with Crippen molar-refractivity contribution in [2.75, 3.05) is 6.54 Å². The van der Waals surface area contributed by atoms with Gasteiger partial charge in [-0.3, -0.25) is 14.5 Å². The van der Waals surface area contributed by atoms with Crippen LogP contribution in [0.2, 0.25) is 0 Å². The largest absolute Gasteiger partial charge is 0.389 e. The minimum atomic E-state index is -3.75. The maximum absolute atomic E-state index is 12.6. The fourth-order valence-corrected chi connectivity index (χ4v) is 4.34. The third-order valence-electron chi connectivity index (χ3n) is 4.33. The number of nitrogens with zero attached hydrogens (tertiary/aromatic N) is 2. The molecule has 0 fully saturated rings. The highest BCUT2D eigenvalue weighted by Gasteiger charge is 2.39. The second-order valence-corrected chi connectivity index (χ2v) is 7.95. The Labute approximate surface area is 149 Å². The Morgan fingerprint density at radius 1 is 0.962 bits per heavy atom. The van der Waals surface area contributed by atoms with Gasteiger partial charge in [0.15, 0.2) is 11.1 Å². The molecule has 2 aliphatic rings. The molecule has 26 heavy (non-hydrogen) atoms. The van der Waals surface area contributed by atoms with Crippen LogP contribution < -0.4 is 0 Å². The average Bonchev–Trinajstić information content (AvgIpc) is 3.23. The van der Waals surface area contributed by atoms with E-state index in [1.165, 1.54) is 12.1 Å². The zero-order valence-electron chi connectivity index (χ0n) is 13.5. The van der Waals surface area contributed by atoms with E-state index in [4.69, 9.17) is 4.84 Å². The highest BCUT2D eigenvalue weighted by Crippen LogP contribution is 2.26. The van der Waals surface area contributed by atoms with Crippen molar-refractivity contribution in [3.05, 3.63) is 65.7 Å². The van der Waals surface area contributed by atoms with E-state index in [2.05, 4.69) is 5.16 Å². The fourth-order valence-electron chi connectivity index (χ4n) is 3.00. The van der Waals surface area contributed by atoms with E-state index in [-0.39, 0.29) is 22.9 Å². The maximum Gasteiger partial charge on any atom is 0.261 e. The lowest BCUT2D eigenvalue weighted by Gasteiger charge is -2.17. The van der Waals surface area contributed by atoms with Crippen LogP contribution in [-0.4, -0.2) is 42.8 Å². The molecule has 0 saturated heterocycles. The fraction of sp³-hybridized carbons (Fsp3) is 0.167. The monoisotopic (exact) mass is 370 g/mol. The van der Waals surface area contributed by atoms with E-state index < -0.39 is 27.8 Å². The summed E-state index contributed by atoms with van der Waals surface area (Å²) in [7, 11) is -3.75. The molecule has 0 bridgehead atoms. The number of imide groups is 1. The van der Waals surface area contributed by atoms with Gasteiger partial charge in [-0.05, 0) is 24.3 Å². The summed E-state index contributed by atoms with van der Waals surface area (Å²) in [6.45, 7) is -0.0519. The van der Waals surface area contributed by atoms with Crippen molar-refractivity contribution in [1.82, 2.24) is 4.90 Å². The van der Waals surface area contributed by atoms with Crippen LogP contribution in [-0.2, 0) is 14.7 Å². The minimum absolute atomic E-state index is 0.00460. The zero-order valence-corrected chi connectivity index (χ0v) is 14.3. The number of carbonyl (C=O) groups is 2. The Bertz CT molecular complexity index is 996. The molecule has 1 unspecified atom stereocenters. The van der Waals surface area contributed by atoms with Crippen LogP contribution in [0.25, 0.3) is 0 Å². The lowest BCUT2D eigenvalue weighted by molar-refractivity contribution is 0.0399. The summed E-state index contributed by atoms with van der Waals surface area (Å²) in [6, 6.07) is 14.5. The predicted molar refractivity (Wildman–Crippen MR) is 92.4 cm³/mol. The van der Waals surface area contributed by atoms with E-state index in [9.17, 15) is 18.0 Å². The van der Waals surface area contributed by atoms with Crippen molar-refractivity contribution in [2.24, 2.45) is 5.16 Å². The second-order valence-electron chi connectivity index (χ2n) is 6.00. The lowest BCUT2D eigenvalue weighted by atomic mass is 10.1. The molecule has 1 atom stereocenters. The molecule has 0 N–H and O–H groups in total. The van der Waals surface area contributed by atoms with Crippen LogP contribution in [0.1, 0.15) is 27.1 Å². The van der Waals surface area contributed by atoms with E-state index in [0.717, 1.165) is 4.90 Å². The molecule has 0 radical (unpaired) electrons. The third-order valence-corrected chi connectivity index (χ3v) is 6.09. The van der Waals surface area contributed by atoms with Gasteiger partial charge in [0.25, 0.3) is 11.8 Å². The SMILES string of the molecule is O=C1c2ccccc2C(=O)N1CC1CC(S(=O)(=O)c2ccccc2)=NO1. The van der Waals surface area contributed by atoms with Crippen molar-refractivity contribution in [1.29, 1.82) is 0 Å². The highest BCUT2D eigenvalue weighted by atomic mass is 32.2. The molecule has 0 spiro atoms. The molecule has 2 amide bonds. The number of benzene rings is 2. The molecular formula is C18H14N2O5S. The Kier molecular flexibility index (Phi) is 3.84. The summed E-state index contributed by atoms with van der Waals surface area (Å²) in [5, 5.41) is 3.58. The molecule has 2 aromatic carbocycles. The first-order valence-corrected chi connectivity index (χ1v) is 9.45. The number of sulfone groups is 1. The number of hydrogen-bond acceptors (Lipinski definition) is 6. The van der Waals surface area contributed by atoms with Gasteiger partial charge >= 0.3 is 0 Å². The van der Waals surface area contributed by atoms with Gasteiger partial charge in [-0.1, -0.05) is 35.5 Å². The topological polar surface area (TPSA) is 93.1 Å². The van der Waals surface area contributed by atoms with Crippen LogP contribution in [0, 0.1) is 0 Å². The van der Waals surface area contributed by atoms with E-state index in [0.29, 0.717) is 11.1 Å². The summed E-state index contributed by atoms with van der Waals surface area (Å²) in [6.07, 6.45) is -0.685. The van der Waals surface area contributed by atoms with Crippen molar-refractivity contribution in [3.8, 4) is 0 Å². The number of hydrogen-bond donors (Lipinski definition) is 0. The number of carbonyl (C=O) groups excluding carboxylic acids is 2. The zero-order chi connectivity index (χ0) is 18.3. The van der Waals surface area contributed by atoms with Gasteiger partial charge in [-0.25, -0.2) is 8.42 Å². The molecule has 0 aliphatic carbocycles.